The molecule has 0 atom stereocenters. The van der Waals surface area contributed by atoms with Crippen molar-refractivity contribution in [3.63, 3.8) is 0 Å². The molecular weight excluding hydrogens is 396 g/mol. The maximum absolute atomic E-state index is 12.3. The fraction of sp³-hybridized carbons (Fsp3) is 0.188. The summed E-state index contributed by atoms with van der Waals surface area (Å²) >= 11 is 9.00. The van der Waals surface area contributed by atoms with Crippen LogP contribution in [0.15, 0.2) is 39.8 Å². The molecular formula is C16H15BrN2O2S2. The molecule has 0 radical (unpaired) electrons. The highest BCUT2D eigenvalue weighted by Gasteiger charge is 2.20. The van der Waals surface area contributed by atoms with Crippen LogP contribution in [0.2, 0.25) is 0 Å². The Hall–Kier alpha value is -1.31. The molecule has 0 spiro atoms. The fourth-order valence-electron chi connectivity index (χ4n) is 2.02. The van der Waals surface area contributed by atoms with Gasteiger partial charge in [0, 0.05) is 21.5 Å². The second kappa shape index (κ2) is 7.99. The average molecular weight is 411 g/mol. The number of aromatic nitrogens is 1. The maximum Gasteiger partial charge on any atom is 0.296 e. The summed E-state index contributed by atoms with van der Waals surface area (Å²) in [5.41, 5.74) is 2.57. The summed E-state index contributed by atoms with van der Waals surface area (Å²) in [6.07, 6.45) is 1.87. The number of halogens is 1. The largest absolute Gasteiger partial charge is 0.317 e. The molecule has 7 heteroatoms. The molecule has 1 amide bonds. The molecule has 2 aromatic rings. The van der Waals surface area contributed by atoms with E-state index in [-0.39, 0.29) is 0 Å². The van der Waals surface area contributed by atoms with Crippen molar-refractivity contribution in [1.82, 2.24) is 4.98 Å². The molecule has 1 aromatic carbocycles. The third kappa shape index (κ3) is 4.37. The predicted molar refractivity (Wildman–Crippen MR) is 101 cm³/mol. The molecule has 0 aliphatic carbocycles. The number of nitrogens with one attached hydrogen (secondary N) is 1. The van der Waals surface area contributed by atoms with Crippen molar-refractivity contribution in [2.45, 2.75) is 17.7 Å². The van der Waals surface area contributed by atoms with Crippen molar-refractivity contribution in [3.8, 4) is 0 Å². The topological polar surface area (TPSA) is 59.1 Å². The Bertz CT molecular complexity index is 723. The van der Waals surface area contributed by atoms with Crippen LogP contribution in [-0.4, -0.2) is 22.9 Å². The zero-order chi connectivity index (χ0) is 17.0. The zero-order valence-electron chi connectivity index (χ0n) is 12.6. The number of thioether (sulfide) groups is 1. The van der Waals surface area contributed by atoms with Gasteiger partial charge in [0.15, 0.2) is 0 Å². The Balaban J connectivity index is 2.29. The lowest BCUT2D eigenvalue weighted by Crippen LogP contribution is -2.24. The standard InChI is InChI=1S/C16H15BrN2O2S2/c1-9-7-11(8-22)13(16(18-9)23-2)19-15(21)14(20)10-3-5-12(17)6-4-10/h3-7,22H,8H2,1-2H3,(H,19,21). The summed E-state index contributed by atoms with van der Waals surface area (Å²) in [6, 6.07) is 8.51. The number of carbonyl (C=O) groups excluding carboxylic acids is 2. The minimum absolute atomic E-state index is 0.337. The first-order chi connectivity index (χ1) is 11.0. The lowest BCUT2D eigenvalue weighted by molar-refractivity contribution is -0.112. The van der Waals surface area contributed by atoms with Gasteiger partial charge in [0.1, 0.15) is 5.03 Å². The highest BCUT2D eigenvalue weighted by molar-refractivity contribution is 9.10. The second-order valence-electron chi connectivity index (χ2n) is 4.76. The average Bonchev–Trinajstić information content (AvgIpc) is 2.55. The number of aryl methyl sites for hydroxylation is 1. The monoisotopic (exact) mass is 410 g/mol. The Labute approximate surface area is 153 Å². The number of Topliss-reactive ketones (excluding diaryl/α,β-unsaturated/α-hetero) is 1. The fourth-order valence-corrected chi connectivity index (χ4v) is 3.15. The Morgan fingerprint density at radius 3 is 2.52 bits per heavy atom. The summed E-state index contributed by atoms with van der Waals surface area (Å²) in [5, 5.41) is 3.36. The highest BCUT2D eigenvalue weighted by atomic mass is 79.9. The van der Waals surface area contributed by atoms with Crippen molar-refractivity contribution < 1.29 is 9.59 Å². The van der Waals surface area contributed by atoms with E-state index in [1.807, 2.05) is 19.2 Å². The molecule has 4 nitrogen and oxygen atoms in total. The van der Waals surface area contributed by atoms with E-state index in [0.29, 0.717) is 22.0 Å². The number of hydrogen-bond donors (Lipinski definition) is 2. The maximum atomic E-state index is 12.3. The van der Waals surface area contributed by atoms with Gasteiger partial charge in [-0.15, -0.1) is 11.8 Å². The van der Waals surface area contributed by atoms with Gasteiger partial charge in [-0.1, -0.05) is 15.9 Å². The Morgan fingerprint density at radius 2 is 1.96 bits per heavy atom. The quantitative estimate of drug-likeness (QED) is 0.336. The van der Waals surface area contributed by atoms with E-state index < -0.39 is 11.7 Å². The molecule has 1 heterocycles. The number of ketones is 1. The van der Waals surface area contributed by atoms with Crippen LogP contribution in [0.3, 0.4) is 0 Å². The smallest absolute Gasteiger partial charge is 0.296 e. The van der Waals surface area contributed by atoms with E-state index in [4.69, 9.17) is 0 Å². The van der Waals surface area contributed by atoms with Gasteiger partial charge in [0.25, 0.3) is 11.7 Å². The lowest BCUT2D eigenvalue weighted by atomic mass is 10.1. The first-order valence-corrected chi connectivity index (χ1v) is 9.38. The molecule has 0 aliphatic heterocycles. The molecule has 0 aliphatic rings. The number of thiol groups is 1. The number of pyridine rings is 1. The summed E-state index contributed by atoms with van der Waals surface area (Å²) in [4.78, 5) is 28.9. The third-order valence-electron chi connectivity index (χ3n) is 3.11. The van der Waals surface area contributed by atoms with Gasteiger partial charge in [0.2, 0.25) is 0 Å². The van der Waals surface area contributed by atoms with Crippen LogP contribution < -0.4 is 5.32 Å². The first-order valence-electron chi connectivity index (χ1n) is 6.73. The van der Waals surface area contributed by atoms with Gasteiger partial charge in [-0.05, 0) is 49.1 Å². The summed E-state index contributed by atoms with van der Waals surface area (Å²) in [7, 11) is 0. The summed E-state index contributed by atoms with van der Waals surface area (Å²) in [6.45, 7) is 1.88. The number of anilines is 1. The van der Waals surface area contributed by atoms with Gasteiger partial charge in [-0.3, -0.25) is 9.59 Å². The van der Waals surface area contributed by atoms with E-state index >= 15 is 0 Å². The molecule has 1 N–H and O–H groups in total. The van der Waals surface area contributed by atoms with Crippen molar-refractivity contribution in [1.29, 1.82) is 0 Å². The van der Waals surface area contributed by atoms with Crippen molar-refractivity contribution in [2.24, 2.45) is 0 Å². The number of benzene rings is 1. The van der Waals surface area contributed by atoms with Crippen molar-refractivity contribution in [2.75, 3.05) is 11.6 Å². The molecule has 120 valence electrons. The SMILES string of the molecule is CSc1nc(C)cc(CS)c1NC(=O)C(=O)c1ccc(Br)cc1. The van der Waals surface area contributed by atoms with Crippen LogP contribution in [-0.2, 0) is 10.5 Å². The molecule has 0 saturated heterocycles. The normalized spacial score (nSPS) is 10.4. The third-order valence-corrected chi connectivity index (χ3v) is 4.66. The predicted octanol–water partition coefficient (Wildman–Crippen LogP) is 4.13. The summed E-state index contributed by atoms with van der Waals surface area (Å²) < 4.78 is 0.847. The molecule has 0 unspecified atom stereocenters. The lowest BCUT2D eigenvalue weighted by Gasteiger charge is -2.13. The second-order valence-corrected chi connectivity index (χ2v) is 6.78. The van der Waals surface area contributed by atoms with Gasteiger partial charge in [0.05, 0.1) is 5.69 Å². The molecule has 23 heavy (non-hydrogen) atoms. The zero-order valence-corrected chi connectivity index (χ0v) is 15.9. The number of carbonyl (C=O) groups is 2. The van der Waals surface area contributed by atoms with Gasteiger partial charge >= 0.3 is 0 Å². The van der Waals surface area contributed by atoms with Crippen LogP contribution in [0, 0.1) is 6.92 Å². The minimum Gasteiger partial charge on any atom is -0.317 e. The van der Waals surface area contributed by atoms with Gasteiger partial charge in [-0.2, -0.15) is 12.6 Å². The molecule has 0 fully saturated rings. The molecule has 1 aromatic heterocycles. The Morgan fingerprint density at radius 1 is 1.30 bits per heavy atom. The minimum atomic E-state index is -0.684. The van der Waals surface area contributed by atoms with Crippen LogP contribution in [0.4, 0.5) is 5.69 Å². The highest BCUT2D eigenvalue weighted by Crippen LogP contribution is 2.29. The van der Waals surface area contributed by atoms with Gasteiger partial charge in [-0.25, -0.2) is 4.98 Å². The van der Waals surface area contributed by atoms with Crippen LogP contribution in [0.25, 0.3) is 0 Å². The van der Waals surface area contributed by atoms with E-state index in [1.54, 1.807) is 24.3 Å². The number of hydrogen-bond acceptors (Lipinski definition) is 5. The summed E-state index contributed by atoms with van der Waals surface area (Å²) in [5.74, 6) is -0.828. The number of rotatable bonds is 5. The van der Waals surface area contributed by atoms with Crippen LogP contribution >= 0.6 is 40.3 Å². The van der Waals surface area contributed by atoms with Crippen LogP contribution in [0.5, 0.6) is 0 Å². The number of nitrogens with zero attached hydrogens (tertiary/aromatic N) is 1. The van der Waals surface area contributed by atoms with Crippen molar-refractivity contribution in [3.05, 3.63) is 51.6 Å². The van der Waals surface area contributed by atoms with Gasteiger partial charge < -0.3 is 5.32 Å². The molecule has 0 saturated carbocycles. The van der Waals surface area contributed by atoms with Crippen molar-refractivity contribution >= 4 is 57.7 Å². The first kappa shape index (κ1) is 18.0. The Kier molecular flexibility index (Phi) is 6.26. The molecule has 2 rings (SSSR count). The van der Waals surface area contributed by atoms with E-state index in [1.165, 1.54) is 11.8 Å². The van der Waals surface area contributed by atoms with Crippen LogP contribution in [0.1, 0.15) is 21.6 Å². The van der Waals surface area contributed by atoms with E-state index in [9.17, 15) is 9.59 Å². The van der Waals surface area contributed by atoms with E-state index in [2.05, 4.69) is 38.9 Å². The number of amides is 1. The van der Waals surface area contributed by atoms with E-state index in [0.717, 1.165) is 15.7 Å². The molecule has 0 bridgehead atoms.